The Kier molecular flexibility index (Phi) is 5.26. The Morgan fingerprint density at radius 1 is 1.50 bits per heavy atom. The van der Waals surface area contributed by atoms with Crippen LogP contribution in [0.5, 0.6) is 0 Å². The summed E-state index contributed by atoms with van der Waals surface area (Å²) in [7, 11) is 0. The second kappa shape index (κ2) is 6.95. The first-order chi connectivity index (χ1) is 9.58. The summed E-state index contributed by atoms with van der Waals surface area (Å²) in [5, 5.41) is 0.712. The van der Waals surface area contributed by atoms with Crippen LogP contribution in [0, 0.1) is 5.92 Å². The first-order valence-electron chi connectivity index (χ1n) is 7.00. The molecule has 2 rings (SSSR count). The summed E-state index contributed by atoms with van der Waals surface area (Å²) in [4.78, 5) is 13.8. The summed E-state index contributed by atoms with van der Waals surface area (Å²) in [5.74, 6) is 0.0921. The maximum absolute atomic E-state index is 11.6. The number of nitrogens with two attached hydrogens (primary N) is 1. The molecule has 0 spiro atoms. The van der Waals surface area contributed by atoms with Crippen LogP contribution in [-0.4, -0.2) is 31.7 Å². The lowest BCUT2D eigenvalue weighted by Crippen LogP contribution is -2.47. The van der Waals surface area contributed by atoms with Crippen molar-refractivity contribution in [2.75, 3.05) is 24.6 Å². The highest BCUT2D eigenvalue weighted by atomic mass is 35.5. The molecule has 0 radical (unpaired) electrons. The number of anilines is 1. The third-order valence-corrected chi connectivity index (χ3v) is 3.74. The number of hydrogen-bond donors (Lipinski definition) is 1. The number of halogens is 1. The van der Waals surface area contributed by atoms with E-state index in [9.17, 15) is 4.79 Å². The van der Waals surface area contributed by atoms with Crippen molar-refractivity contribution in [3.8, 4) is 0 Å². The minimum absolute atomic E-state index is 0.0714. The van der Waals surface area contributed by atoms with Gasteiger partial charge in [0.05, 0.1) is 13.0 Å². The summed E-state index contributed by atoms with van der Waals surface area (Å²) >= 11 is 6.03. The van der Waals surface area contributed by atoms with E-state index in [1.165, 1.54) is 0 Å². The van der Waals surface area contributed by atoms with Gasteiger partial charge in [0.15, 0.2) is 0 Å². The van der Waals surface area contributed by atoms with Gasteiger partial charge in [0.1, 0.15) is 0 Å². The fraction of sp³-hybridized carbons (Fsp3) is 0.533. The second-order valence-electron chi connectivity index (χ2n) is 5.26. The van der Waals surface area contributed by atoms with Crippen molar-refractivity contribution in [2.24, 2.45) is 11.7 Å². The summed E-state index contributed by atoms with van der Waals surface area (Å²) in [6, 6.07) is 7.80. The van der Waals surface area contributed by atoms with Gasteiger partial charge in [-0.15, -0.1) is 0 Å². The van der Waals surface area contributed by atoms with Crippen LogP contribution in [0.15, 0.2) is 24.3 Å². The van der Waals surface area contributed by atoms with Crippen molar-refractivity contribution in [2.45, 2.75) is 25.8 Å². The SMILES string of the molecule is CCOC(=O)CC1CC(N)CN(c2cccc(Cl)c2)C1. The van der Waals surface area contributed by atoms with Gasteiger partial charge in [-0.25, -0.2) is 0 Å². The molecule has 0 aliphatic carbocycles. The highest BCUT2D eigenvalue weighted by Gasteiger charge is 2.27. The molecule has 0 bridgehead atoms. The molecule has 1 saturated heterocycles. The molecular formula is C15H21ClN2O2. The van der Waals surface area contributed by atoms with Crippen LogP contribution in [0.25, 0.3) is 0 Å². The van der Waals surface area contributed by atoms with Gasteiger partial charge in [0, 0.05) is 29.8 Å². The quantitative estimate of drug-likeness (QED) is 0.867. The van der Waals surface area contributed by atoms with Crippen molar-refractivity contribution in [1.29, 1.82) is 0 Å². The van der Waals surface area contributed by atoms with E-state index in [1.54, 1.807) is 0 Å². The fourth-order valence-electron chi connectivity index (χ4n) is 2.73. The highest BCUT2D eigenvalue weighted by molar-refractivity contribution is 6.30. The van der Waals surface area contributed by atoms with E-state index in [0.717, 1.165) is 25.2 Å². The molecular weight excluding hydrogens is 276 g/mol. The smallest absolute Gasteiger partial charge is 0.306 e. The Bertz CT molecular complexity index is 467. The number of hydrogen-bond acceptors (Lipinski definition) is 4. The van der Waals surface area contributed by atoms with E-state index in [2.05, 4.69) is 4.90 Å². The number of ether oxygens (including phenoxy) is 1. The number of esters is 1. The lowest BCUT2D eigenvalue weighted by Gasteiger charge is -2.37. The van der Waals surface area contributed by atoms with Crippen molar-refractivity contribution >= 4 is 23.3 Å². The van der Waals surface area contributed by atoms with Crippen molar-refractivity contribution in [1.82, 2.24) is 0 Å². The molecule has 2 unspecified atom stereocenters. The average Bonchev–Trinajstić information content (AvgIpc) is 2.38. The van der Waals surface area contributed by atoms with Crippen molar-refractivity contribution in [3.63, 3.8) is 0 Å². The van der Waals surface area contributed by atoms with E-state index in [0.29, 0.717) is 18.1 Å². The van der Waals surface area contributed by atoms with Gasteiger partial charge < -0.3 is 15.4 Å². The Balaban J connectivity index is 2.02. The van der Waals surface area contributed by atoms with Crippen LogP contribution in [0.3, 0.4) is 0 Å². The predicted octanol–water partition coefficient (Wildman–Crippen LogP) is 2.45. The number of nitrogens with zero attached hydrogens (tertiary/aromatic N) is 1. The molecule has 1 heterocycles. The monoisotopic (exact) mass is 296 g/mol. The lowest BCUT2D eigenvalue weighted by molar-refractivity contribution is -0.144. The van der Waals surface area contributed by atoms with Gasteiger partial charge in [-0.3, -0.25) is 4.79 Å². The molecule has 1 aliphatic heterocycles. The Hall–Kier alpha value is -1.26. The van der Waals surface area contributed by atoms with Crippen molar-refractivity contribution in [3.05, 3.63) is 29.3 Å². The van der Waals surface area contributed by atoms with E-state index in [1.807, 2.05) is 31.2 Å². The second-order valence-corrected chi connectivity index (χ2v) is 5.69. The molecule has 20 heavy (non-hydrogen) atoms. The number of benzene rings is 1. The zero-order chi connectivity index (χ0) is 14.5. The summed E-state index contributed by atoms with van der Waals surface area (Å²) in [5.41, 5.74) is 7.17. The molecule has 2 N–H and O–H groups in total. The zero-order valence-electron chi connectivity index (χ0n) is 11.7. The molecule has 5 heteroatoms. The predicted molar refractivity (Wildman–Crippen MR) is 81.0 cm³/mol. The maximum Gasteiger partial charge on any atom is 0.306 e. The zero-order valence-corrected chi connectivity index (χ0v) is 12.5. The average molecular weight is 297 g/mol. The van der Waals surface area contributed by atoms with Crippen LogP contribution >= 0.6 is 11.6 Å². The first-order valence-corrected chi connectivity index (χ1v) is 7.38. The third kappa shape index (κ3) is 4.12. The molecule has 0 amide bonds. The van der Waals surface area contributed by atoms with E-state index >= 15 is 0 Å². The fourth-order valence-corrected chi connectivity index (χ4v) is 2.92. The molecule has 1 fully saturated rings. The first kappa shape index (κ1) is 15.1. The molecule has 1 aliphatic rings. The van der Waals surface area contributed by atoms with Crippen LogP contribution < -0.4 is 10.6 Å². The summed E-state index contributed by atoms with van der Waals surface area (Å²) in [6.07, 6.45) is 1.29. The normalized spacial score (nSPS) is 22.6. The van der Waals surface area contributed by atoms with Gasteiger partial charge in [0.25, 0.3) is 0 Å². The summed E-state index contributed by atoms with van der Waals surface area (Å²) < 4.78 is 5.02. The van der Waals surface area contributed by atoms with Gasteiger partial charge in [0.2, 0.25) is 0 Å². The molecule has 0 saturated carbocycles. The standard InChI is InChI=1S/C15H21ClN2O2/c1-2-20-15(19)7-11-6-13(17)10-18(9-11)14-5-3-4-12(16)8-14/h3-5,8,11,13H,2,6-7,9-10,17H2,1H3. The Morgan fingerprint density at radius 2 is 2.30 bits per heavy atom. The van der Waals surface area contributed by atoms with Gasteiger partial charge in [-0.1, -0.05) is 17.7 Å². The molecule has 1 aromatic rings. The minimum Gasteiger partial charge on any atom is -0.466 e. The highest BCUT2D eigenvalue weighted by Crippen LogP contribution is 2.26. The topological polar surface area (TPSA) is 55.6 Å². The van der Waals surface area contributed by atoms with E-state index < -0.39 is 0 Å². The van der Waals surface area contributed by atoms with Crippen LogP contribution in [0.1, 0.15) is 19.8 Å². The molecule has 2 atom stereocenters. The molecule has 0 aromatic heterocycles. The largest absolute Gasteiger partial charge is 0.466 e. The number of carbonyl (C=O) groups excluding carboxylic acids is 1. The minimum atomic E-state index is -0.141. The molecule has 110 valence electrons. The van der Waals surface area contributed by atoms with E-state index in [4.69, 9.17) is 22.1 Å². The lowest BCUT2D eigenvalue weighted by atomic mass is 9.91. The molecule has 4 nitrogen and oxygen atoms in total. The van der Waals surface area contributed by atoms with Gasteiger partial charge >= 0.3 is 5.97 Å². The molecule has 1 aromatic carbocycles. The van der Waals surface area contributed by atoms with Gasteiger partial charge in [-0.2, -0.15) is 0 Å². The maximum atomic E-state index is 11.6. The Labute approximate surface area is 124 Å². The summed E-state index contributed by atoms with van der Waals surface area (Å²) in [6.45, 7) is 3.85. The number of carbonyl (C=O) groups is 1. The number of piperidine rings is 1. The van der Waals surface area contributed by atoms with Crippen LogP contribution in [0.2, 0.25) is 5.02 Å². The van der Waals surface area contributed by atoms with E-state index in [-0.39, 0.29) is 17.9 Å². The van der Waals surface area contributed by atoms with Crippen molar-refractivity contribution < 1.29 is 9.53 Å². The van der Waals surface area contributed by atoms with Crippen LogP contribution in [0.4, 0.5) is 5.69 Å². The van der Waals surface area contributed by atoms with Gasteiger partial charge in [-0.05, 0) is 37.5 Å². The third-order valence-electron chi connectivity index (χ3n) is 3.50. The Morgan fingerprint density at radius 3 is 3.00 bits per heavy atom. The number of rotatable bonds is 4. The van der Waals surface area contributed by atoms with Crippen LogP contribution in [-0.2, 0) is 9.53 Å².